The largest absolute Gasteiger partial charge is 0.481 e. The fourth-order valence-corrected chi connectivity index (χ4v) is 2.29. The van der Waals surface area contributed by atoms with Crippen LogP contribution in [0, 0.1) is 20.8 Å². The number of rotatable bonds is 5. The first-order valence-electron chi connectivity index (χ1n) is 6.42. The third-order valence-corrected chi connectivity index (χ3v) is 3.07. The van der Waals surface area contributed by atoms with E-state index in [9.17, 15) is 14.7 Å². The minimum absolute atomic E-state index is 0.106. The van der Waals surface area contributed by atoms with Crippen LogP contribution in [0.15, 0.2) is 12.1 Å². The minimum Gasteiger partial charge on any atom is -0.481 e. The fraction of sp³-hybridized carbons (Fsp3) is 0.467. The van der Waals surface area contributed by atoms with Crippen LogP contribution in [0.5, 0.6) is 0 Å². The van der Waals surface area contributed by atoms with E-state index < -0.39 is 18.0 Å². The Kier molecular flexibility index (Phi) is 4.89. The Bertz CT molecular complexity index is 512. The highest BCUT2D eigenvalue weighted by Gasteiger charge is 2.25. The van der Waals surface area contributed by atoms with Gasteiger partial charge in [-0.2, -0.15) is 0 Å². The Morgan fingerprint density at radius 2 is 1.70 bits per heavy atom. The van der Waals surface area contributed by atoms with Crippen LogP contribution in [0.3, 0.4) is 0 Å². The number of aliphatic carboxylic acids is 1. The van der Waals surface area contributed by atoms with Crippen LogP contribution < -0.4 is 5.32 Å². The van der Waals surface area contributed by atoms with Gasteiger partial charge in [-0.3, -0.25) is 9.59 Å². The standard InChI is InChI=1S/C15H21NO4/c1-9-5-10(2)13(11(3)6-9)14(19)16-8-15(4,20)7-12(17)18/h5-6,20H,7-8H2,1-4H3,(H,16,19)(H,17,18). The number of carboxylic acid groups (broad SMARTS) is 1. The molecule has 5 heteroatoms. The zero-order valence-corrected chi connectivity index (χ0v) is 12.3. The molecule has 0 saturated heterocycles. The van der Waals surface area contributed by atoms with Gasteiger partial charge in [-0.25, -0.2) is 0 Å². The van der Waals surface area contributed by atoms with Gasteiger partial charge in [0, 0.05) is 12.1 Å². The van der Waals surface area contributed by atoms with E-state index >= 15 is 0 Å². The van der Waals surface area contributed by atoms with Gasteiger partial charge in [0.2, 0.25) is 0 Å². The smallest absolute Gasteiger partial charge is 0.306 e. The Labute approximate surface area is 118 Å². The number of amides is 1. The summed E-state index contributed by atoms with van der Waals surface area (Å²) >= 11 is 0. The summed E-state index contributed by atoms with van der Waals surface area (Å²) in [6.07, 6.45) is -0.418. The molecule has 0 saturated carbocycles. The molecule has 0 radical (unpaired) electrons. The van der Waals surface area contributed by atoms with Crippen LogP contribution in [0.1, 0.15) is 40.4 Å². The average Bonchev–Trinajstić information content (AvgIpc) is 2.23. The number of aryl methyl sites for hydroxylation is 3. The number of hydrogen-bond donors (Lipinski definition) is 3. The molecule has 5 nitrogen and oxygen atoms in total. The van der Waals surface area contributed by atoms with E-state index in [4.69, 9.17) is 5.11 Å². The second-order valence-corrected chi connectivity index (χ2v) is 5.52. The van der Waals surface area contributed by atoms with E-state index in [0.29, 0.717) is 5.56 Å². The molecular weight excluding hydrogens is 258 g/mol. The Hall–Kier alpha value is -1.88. The minimum atomic E-state index is -1.46. The molecule has 1 unspecified atom stereocenters. The van der Waals surface area contributed by atoms with Crippen LogP contribution in [0.4, 0.5) is 0 Å². The molecule has 3 N–H and O–H groups in total. The van der Waals surface area contributed by atoms with Gasteiger partial charge in [-0.15, -0.1) is 0 Å². The zero-order chi connectivity index (χ0) is 15.5. The molecule has 0 spiro atoms. The molecule has 1 aromatic rings. The van der Waals surface area contributed by atoms with Gasteiger partial charge < -0.3 is 15.5 Å². The van der Waals surface area contributed by atoms with Crippen LogP contribution >= 0.6 is 0 Å². The van der Waals surface area contributed by atoms with Gasteiger partial charge in [0.15, 0.2) is 0 Å². The molecule has 0 heterocycles. The molecule has 0 bridgehead atoms. The van der Waals surface area contributed by atoms with Crippen molar-refractivity contribution in [2.45, 2.75) is 39.7 Å². The Morgan fingerprint density at radius 3 is 2.15 bits per heavy atom. The predicted molar refractivity (Wildman–Crippen MR) is 75.9 cm³/mol. The van der Waals surface area contributed by atoms with Gasteiger partial charge in [0.25, 0.3) is 5.91 Å². The van der Waals surface area contributed by atoms with Crippen molar-refractivity contribution in [3.63, 3.8) is 0 Å². The monoisotopic (exact) mass is 279 g/mol. The van der Waals surface area contributed by atoms with Crippen LogP contribution in [0.2, 0.25) is 0 Å². The number of carbonyl (C=O) groups is 2. The first kappa shape index (κ1) is 16.2. The normalized spacial score (nSPS) is 13.7. The third kappa shape index (κ3) is 4.35. The molecule has 0 aliphatic rings. The summed E-state index contributed by atoms with van der Waals surface area (Å²) in [6, 6.07) is 3.83. The maximum atomic E-state index is 12.2. The summed E-state index contributed by atoms with van der Waals surface area (Å²) in [6.45, 7) is 6.94. The molecule has 0 fully saturated rings. The summed E-state index contributed by atoms with van der Waals surface area (Å²) < 4.78 is 0. The Balaban J connectivity index is 2.80. The lowest BCUT2D eigenvalue weighted by atomic mass is 9.98. The van der Waals surface area contributed by atoms with E-state index in [1.54, 1.807) is 0 Å². The topological polar surface area (TPSA) is 86.6 Å². The summed E-state index contributed by atoms with van der Waals surface area (Å²) in [5.41, 5.74) is 1.90. The highest BCUT2D eigenvalue weighted by atomic mass is 16.4. The lowest BCUT2D eigenvalue weighted by Crippen LogP contribution is -2.42. The van der Waals surface area contributed by atoms with Crippen molar-refractivity contribution in [3.05, 3.63) is 34.4 Å². The number of hydrogen-bond acceptors (Lipinski definition) is 3. The van der Waals surface area contributed by atoms with Crippen LogP contribution in [-0.4, -0.2) is 34.2 Å². The number of aliphatic hydroxyl groups is 1. The highest BCUT2D eigenvalue weighted by molar-refractivity contribution is 5.97. The second kappa shape index (κ2) is 6.05. The fourth-order valence-electron chi connectivity index (χ4n) is 2.29. The van der Waals surface area contributed by atoms with Crippen molar-refractivity contribution >= 4 is 11.9 Å². The first-order chi connectivity index (χ1) is 9.12. The molecule has 1 aromatic carbocycles. The van der Waals surface area contributed by atoms with Gasteiger partial charge in [-0.1, -0.05) is 17.7 Å². The summed E-state index contributed by atoms with van der Waals surface area (Å²) in [7, 11) is 0. The maximum absolute atomic E-state index is 12.2. The highest BCUT2D eigenvalue weighted by Crippen LogP contribution is 2.16. The zero-order valence-electron chi connectivity index (χ0n) is 12.3. The van der Waals surface area contributed by atoms with Gasteiger partial charge >= 0.3 is 5.97 Å². The van der Waals surface area contributed by atoms with Crippen molar-refractivity contribution in [2.24, 2.45) is 0 Å². The van der Waals surface area contributed by atoms with Gasteiger partial charge in [-0.05, 0) is 38.8 Å². The lowest BCUT2D eigenvalue weighted by Gasteiger charge is -2.22. The second-order valence-electron chi connectivity index (χ2n) is 5.52. The molecule has 0 aliphatic heterocycles. The predicted octanol–water partition coefficient (Wildman–Crippen LogP) is 1.57. The molecule has 1 rings (SSSR count). The van der Waals surface area contributed by atoms with Gasteiger partial charge in [0.05, 0.1) is 12.0 Å². The number of carbonyl (C=O) groups excluding carboxylic acids is 1. The molecular formula is C15H21NO4. The molecule has 1 atom stereocenters. The number of carboxylic acids is 1. The number of benzene rings is 1. The average molecular weight is 279 g/mol. The van der Waals surface area contributed by atoms with Gasteiger partial charge in [0.1, 0.15) is 0 Å². The van der Waals surface area contributed by atoms with E-state index in [0.717, 1.165) is 16.7 Å². The first-order valence-corrected chi connectivity index (χ1v) is 6.42. The van der Waals surface area contributed by atoms with Crippen LogP contribution in [0.25, 0.3) is 0 Å². The molecule has 0 aliphatic carbocycles. The molecule has 1 amide bonds. The summed E-state index contributed by atoms with van der Waals surface area (Å²) in [5, 5.41) is 21.1. The SMILES string of the molecule is Cc1cc(C)c(C(=O)NCC(C)(O)CC(=O)O)c(C)c1. The van der Waals surface area contributed by atoms with E-state index in [1.807, 2.05) is 32.9 Å². The maximum Gasteiger partial charge on any atom is 0.306 e. The molecule has 20 heavy (non-hydrogen) atoms. The van der Waals surface area contributed by atoms with E-state index in [2.05, 4.69) is 5.32 Å². The van der Waals surface area contributed by atoms with Crippen molar-refractivity contribution in [2.75, 3.05) is 6.54 Å². The molecule has 110 valence electrons. The van der Waals surface area contributed by atoms with Crippen molar-refractivity contribution in [1.82, 2.24) is 5.32 Å². The van der Waals surface area contributed by atoms with E-state index in [-0.39, 0.29) is 12.5 Å². The summed E-state index contributed by atoms with van der Waals surface area (Å²) in [4.78, 5) is 22.8. The quantitative estimate of drug-likeness (QED) is 0.763. The van der Waals surface area contributed by atoms with Crippen molar-refractivity contribution in [1.29, 1.82) is 0 Å². The Morgan fingerprint density at radius 1 is 1.20 bits per heavy atom. The third-order valence-electron chi connectivity index (χ3n) is 3.07. The van der Waals surface area contributed by atoms with E-state index in [1.165, 1.54) is 6.92 Å². The van der Waals surface area contributed by atoms with Crippen molar-refractivity contribution < 1.29 is 19.8 Å². The lowest BCUT2D eigenvalue weighted by molar-refractivity contribution is -0.141. The van der Waals surface area contributed by atoms with Crippen molar-refractivity contribution in [3.8, 4) is 0 Å². The van der Waals surface area contributed by atoms with Crippen LogP contribution in [-0.2, 0) is 4.79 Å². The molecule has 0 aromatic heterocycles. The number of nitrogens with one attached hydrogen (secondary N) is 1. The summed E-state index contributed by atoms with van der Waals surface area (Å²) in [5.74, 6) is -1.40.